The molecule has 2 aromatic carbocycles. The summed E-state index contributed by atoms with van der Waals surface area (Å²) in [5.41, 5.74) is 2.97. The van der Waals surface area contributed by atoms with Crippen LogP contribution in [0.15, 0.2) is 57.7 Å². The van der Waals surface area contributed by atoms with Crippen LogP contribution in [0.4, 0.5) is 5.69 Å². The Kier molecular flexibility index (Phi) is 7.06. The van der Waals surface area contributed by atoms with Gasteiger partial charge in [0.15, 0.2) is 5.58 Å². The Morgan fingerprint density at radius 3 is 2.60 bits per heavy atom. The summed E-state index contributed by atoms with van der Waals surface area (Å²) in [5, 5.41) is 2.87. The summed E-state index contributed by atoms with van der Waals surface area (Å²) in [4.78, 5) is 38.8. The first-order valence-electron chi connectivity index (χ1n) is 10.2. The standard InChI is InChI=1S/C23H27N3O4/c1-3-14-25(16-21(27)24-18-10-5-4-9-17(18)2)22(28)13-8-15-26-19-11-6-7-12-20(19)30-23(26)29/h4-7,9-12H,3,8,13-16H2,1-2H3,(H,24,27). The van der Waals surface area contributed by atoms with Crippen LogP contribution in [0, 0.1) is 6.92 Å². The van der Waals surface area contributed by atoms with Gasteiger partial charge in [0.1, 0.15) is 0 Å². The number of hydrogen-bond acceptors (Lipinski definition) is 4. The molecule has 2 amide bonds. The van der Waals surface area contributed by atoms with Crippen LogP contribution in [0.5, 0.6) is 0 Å². The average Bonchev–Trinajstić information content (AvgIpc) is 3.04. The Labute approximate surface area is 175 Å². The predicted octanol–water partition coefficient (Wildman–Crippen LogP) is 3.56. The van der Waals surface area contributed by atoms with Crippen molar-refractivity contribution in [1.82, 2.24) is 9.47 Å². The van der Waals surface area contributed by atoms with Crippen molar-refractivity contribution in [2.75, 3.05) is 18.4 Å². The fourth-order valence-electron chi connectivity index (χ4n) is 3.41. The van der Waals surface area contributed by atoms with Crippen molar-refractivity contribution in [2.45, 2.75) is 39.7 Å². The first kappa shape index (κ1) is 21.4. The largest absolute Gasteiger partial charge is 0.419 e. The normalized spacial score (nSPS) is 10.9. The second-order valence-corrected chi connectivity index (χ2v) is 7.27. The van der Waals surface area contributed by atoms with Crippen molar-refractivity contribution < 1.29 is 14.0 Å². The number of fused-ring (bicyclic) bond motifs is 1. The number of nitrogens with one attached hydrogen (secondary N) is 1. The minimum atomic E-state index is -0.424. The SMILES string of the molecule is CCCN(CC(=O)Nc1ccccc1C)C(=O)CCCn1c(=O)oc2ccccc21. The topological polar surface area (TPSA) is 84.5 Å². The van der Waals surface area contributed by atoms with Crippen LogP contribution in [0.2, 0.25) is 0 Å². The molecule has 0 saturated heterocycles. The van der Waals surface area contributed by atoms with Gasteiger partial charge in [0, 0.05) is 25.2 Å². The van der Waals surface area contributed by atoms with E-state index in [9.17, 15) is 14.4 Å². The molecule has 1 aromatic heterocycles. The van der Waals surface area contributed by atoms with Crippen LogP contribution in [-0.2, 0) is 16.1 Å². The van der Waals surface area contributed by atoms with Crippen molar-refractivity contribution in [3.8, 4) is 0 Å². The molecule has 0 atom stereocenters. The van der Waals surface area contributed by atoms with E-state index < -0.39 is 5.76 Å². The van der Waals surface area contributed by atoms with E-state index in [-0.39, 0.29) is 24.8 Å². The Balaban J connectivity index is 1.57. The highest BCUT2D eigenvalue weighted by atomic mass is 16.4. The molecule has 0 aliphatic heterocycles. The minimum absolute atomic E-state index is 0.00952. The van der Waals surface area contributed by atoms with Gasteiger partial charge in [0.05, 0.1) is 12.1 Å². The minimum Gasteiger partial charge on any atom is -0.408 e. The number of anilines is 1. The van der Waals surface area contributed by atoms with Crippen LogP contribution >= 0.6 is 0 Å². The Morgan fingerprint density at radius 2 is 1.83 bits per heavy atom. The highest BCUT2D eigenvalue weighted by molar-refractivity contribution is 5.95. The molecule has 0 unspecified atom stereocenters. The molecule has 3 aromatic rings. The van der Waals surface area contributed by atoms with Crippen molar-refractivity contribution in [3.05, 3.63) is 64.6 Å². The molecule has 1 N–H and O–H groups in total. The van der Waals surface area contributed by atoms with E-state index in [0.717, 1.165) is 23.2 Å². The van der Waals surface area contributed by atoms with Gasteiger partial charge >= 0.3 is 5.76 Å². The van der Waals surface area contributed by atoms with Gasteiger partial charge < -0.3 is 14.6 Å². The summed E-state index contributed by atoms with van der Waals surface area (Å²) in [7, 11) is 0. The number of para-hydroxylation sites is 3. The first-order valence-corrected chi connectivity index (χ1v) is 10.2. The van der Waals surface area contributed by atoms with Gasteiger partial charge in [0.2, 0.25) is 11.8 Å². The number of aromatic nitrogens is 1. The van der Waals surface area contributed by atoms with E-state index >= 15 is 0 Å². The third-order valence-corrected chi connectivity index (χ3v) is 4.95. The van der Waals surface area contributed by atoms with Gasteiger partial charge in [-0.05, 0) is 43.5 Å². The van der Waals surface area contributed by atoms with E-state index in [1.807, 2.05) is 56.3 Å². The molecule has 3 rings (SSSR count). The van der Waals surface area contributed by atoms with Gasteiger partial charge in [-0.2, -0.15) is 0 Å². The maximum atomic E-state index is 12.7. The van der Waals surface area contributed by atoms with Crippen molar-refractivity contribution in [1.29, 1.82) is 0 Å². The van der Waals surface area contributed by atoms with E-state index in [0.29, 0.717) is 25.1 Å². The number of amides is 2. The number of carbonyl (C=O) groups is 2. The van der Waals surface area contributed by atoms with Gasteiger partial charge in [-0.1, -0.05) is 37.3 Å². The van der Waals surface area contributed by atoms with Crippen molar-refractivity contribution >= 4 is 28.6 Å². The summed E-state index contributed by atoms with van der Waals surface area (Å²) >= 11 is 0. The number of benzene rings is 2. The van der Waals surface area contributed by atoms with E-state index in [1.54, 1.807) is 11.0 Å². The monoisotopic (exact) mass is 409 g/mol. The second-order valence-electron chi connectivity index (χ2n) is 7.27. The second kappa shape index (κ2) is 9.91. The van der Waals surface area contributed by atoms with Crippen LogP contribution < -0.4 is 11.1 Å². The zero-order valence-electron chi connectivity index (χ0n) is 17.4. The molecule has 0 aliphatic rings. The highest BCUT2D eigenvalue weighted by Crippen LogP contribution is 2.14. The molecule has 0 spiro atoms. The average molecular weight is 409 g/mol. The van der Waals surface area contributed by atoms with Crippen LogP contribution in [0.25, 0.3) is 11.1 Å². The Hall–Kier alpha value is -3.35. The molecular formula is C23H27N3O4. The van der Waals surface area contributed by atoms with Gasteiger partial charge in [-0.3, -0.25) is 14.2 Å². The van der Waals surface area contributed by atoms with Crippen LogP contribution in [0.3, 0.4) is 0 Å². The lowest BCUT2D eigenvalue weighted by Crippen LogP contribution is -2.38. The van der Waals surface area contributed by atoms with E-state index in [1.165, 1.54) is 4.57 Å². The number of oxazole rings is 1. The summed E-state index contributed by atoms with van der Waals surface area (Å²) in [6.45, 7) is 4.80. The number of rotatable bonds is 9. The lowest BCUT2D eigenvalue weighted by molar-refractivity contribution is -0.134. The van der Waals surface area contributed by atoms with Crippen LogP contribution in [-0.4, -0.2) is 34.4 Å². The quantitative estimate of drug-likeness (QED) is 0.586. The van der Waals surface area contributed by atoms with Crippen molar-refractivity contribution in [2.24, 2.45) is 0 Å². The number of nitrogens with zero attached hydrogens (tertiary/aromatic N) is 2. The van der Waals surface area contributed by atoms with Gasteiger partial charge in [-0.15, -0.1) is 0 Å². The smallest absolute Gasteiger partial charge is 0.408 e. The number of carbonyl (C=O) groups excluding carboxylic acids is 2. The van der Waals surface area contributed by atoms with Crippen LogP contribution in [0.1, 0.15) is 31.7 Å². The summed E-state index contributed by atoms with van der Waals surface area (Å²) in [5.74, 6) is -0.743. The zero-order valence-corrected chi connectivity index (χ0v) is 17.4. The molecule has 7 nitrogen and oxygen atoms in total. The lowest BCUT2D eigenvalue weighted by Gasteiger charge is -2.22. The summed E-state index contributed by atoms with van der Waals surface area (Å²) in [6.07, 6.45) is 1.50. The fourth-order valence-corrected chi connectivity index (χ4v) is 3.41. The Bertz CT molecular complexity index is 1080. The predicted molar refractivity (Wildman–Crippen MR) is 116 cm³/mol. The first-order chi connectivity index (χ1) is 14.5. The lowest BCUT2D eigenvalue weighted by atomic mass is 10.2. The molecule has 0 fully saturated rings. The number of hydrogen-bond donors (Lipinski definition) is 1. The molecule has 30 heavy (non-hydrogen) atoms. The molecule has 0 bridgehead atoms. The summed E-state index contributed by atoms with van der Waals surface area (Å²) < 4.78 is 6.76. The highest BCUT2D eigenvalue weighted by Gasteiger charge is 2.17. The molecule has 1 heterocycles. The molecular weight excluding hydrogens is 382 g/mol. The van der Waals surface area contributed by atoms with Gasteiger partial charge in [0.25, 0.3) is 0 Å². The van der Waals surface area contributed by atoms with Gasteiger partial charge in [-0.25, -0.2) is 4.79 Å². The maximum Gasteiger partial charge on any atom is 0.419 e. The number of aryl methyl sites for hydroxylation is 2. The molecule has 0 aliphatic carbocycles. The van der Waals surface area contributed by atoms with Crippen molar-refractivity contribution in [3.63, 3.8) is 0 Å². The Morgan fingerprint density at radius 1 is 1.10 bits per heavy atom. The molecule has 7 heteroatoms. The summed E-state index contributed by atoms with van der Waals surface area (Å²) in [6, 6.07) is 14.7. The molecule has 0 saturated carbocycles. The third kappa shape index (κ3) is 5.17. The van der Waals surface area contributed by atoms with E-state index in [2.05, 4.69) is 5.32 Å². The van der Waals surface area contributed by atoms with E-state index in [4.69, 9.17) is 4.42 Å². The maximum absolute atomic E-state index is 12.7. The fraction of sp³-hybridized carbons (Fsp3) is 0.348. The molecule has 0 radical (unpaired) electrons. The third-order valence-electron chi connectivity index (χ3n) is 4.95. The molecule has 158 valence electrons. The zero-order chi connectivity index (χ0) is 21.5.